The molecule has 0 aromatic heterocycles. The summed E-state index contributed by atoms with van der Waals surface area (Å²) in [6.45, 7) is 1.66. The Balaban J connectivity index is 1.67. The third-order valence-electron chi connectivity index (χ3n) is 4.23. The Hall–Kier alpha value is -3.13. The highest BCUT2D eigenvalue weighted by molar-refractivity contribution is 8.18. The summed E-state index contributed by atoms with van der Waals surface area (Å²) in [7, 11) is 1.20. The molecule has 29 heavy (non-hydrogen) atoms. The van der Waals surface area contributed by atoms with Crippen LogP contribution >= 0.6 is 11.8 Å². The number of amides is 2. The number of hydrogen-bond acceptors (Lipinski definition) is 6. The topological polar surface area (TPSA) is 72.9 Å². The fourth-order valence-electron chi connectivity index (χ4n) is 2.69. The average Bonchev–Trinajstić information content (AvgIpc) is 2.99. The molecule has 2 aromatic rings. The van der Waals surface area contributed by atoms with Crippen molar-refractivity contribution in [2.45, 2.75) is 19.6 Å². The van der Waals surface area contributed by atoms with Gasteiger partial charge in [-0.1, -0.05) is 24.3 Å². The van der Waals surface area contributed by atoms with Crippen molar-refractivity contribution in [1.29, 1.82) is 0 Å². The molecule has 3 rings (SSSR count). The van der Waals surface area contributed by atoms with Crippen molar-refractivity contribution in [3.63, 3.8) is 0 Å². The van der Waals surface area contributed by atoms with Crippen molar-refractivity contribution in [2.24, 2.45) is 0 Å². The fourth-order valence-corrected chi connectivity index (χ4v) is 3.60. The number of halogens is 1. The summed E-state index contributed by atoms with van der Waals surface area (Å²) in [5, 5.41) is -0.519. The van der Waals surface area contributed by atoms with Crippen LogP contribution in [0.15, 0.2) is 53.4 Å². The minimum absolute atomic E-state index is 0.221. The number of carbonyl (C=O) groups is 3. The molecular weight excluding hydrogens is 397 g/mol. The number of rotatable bonds is 6. The first-order valence-electron chi connectivity index (χ1n) is 8.71. The number of ether oxygens (including phenoxy) is 2. The van der Waals surface area contributed by atoms with Gasteiger partial charge in [-0.2, -0.15) is 0 Å². The van der Waals surface area contributed by atoms with Gasteiger partial charge in [0.1, 0.15) is 24.2 Å². The van der Waals surface area contributed by atoms with E-state index in [0.29, 0.717) is 16.9 Å². The number of benzene rings is 2. The zero-order chi connectivity index (χ0) is 21.0. The lowest BCUT2D eigenvalue weighted by molar-refractivity contribution is -0.148. The normalized spacial score (nSPS) is 16.2. The van der Waals surface area contributed by atoms with Crippen molar-refractivity contribution in [3.05, 3.63) is 70.4 Å². The second-order valence-electron chi connectivity index (χ2n) is 6.24. The molecule has 1 aliphatic heterocycles. The molecule has 0 spiro atoms. The number of methoxy groups -OCH3 is 1. The lowest BCUT2D eigenvalue weighted by atomic mass is 10.2. The number of hydrogen-bond donors (Lipinski definition) is 0. The van der Waals surface area contributed by atoms with E-state index in [1.165, 1.54) is 26.2 Å². The molecule has 0 aliphatic carbocycles. The van der Waals surface area contributed by atoms with Crippen LogP contribution in [0.5, 0.6) is 5.75 Å². The molecule has 1 heterocycles. The Kier molecular flexibility index (Phi) is 6.33. The maximum atomic E-state index is 13.2. The number of imide groups is 1. The number of carbonyl (C=O) groups excluding carboxylic acids is 3. The minimum Gasteiger partial charge on any atom is -0.489 e. The maximum absolute atomic E-state index is 13.2. The Labute approximate surface area is 171 Å². The molecule has 0 radical (unpaired) electrons. The Morgan fingerprint density at radius 2 is 1.93 bits per heavy atom. The monoisotopic (exact) mass is 415 g/mol. The van der Waals surface area contributed by atoms with Crippen LogP contribution in [-0.4, -0.2) is 35.2 Å². The Bertz CT molecular complexity index is 973. The van der Waals surface area contributed by atoms with Crippen LogP contribution in [0.25, 0.3) is 6.08 Å². The maximum Gasteiger partial charge on any atom is 0.328 e. The van der Waals surface area contributed by atoms with E-state index in [-0.39, 0.29) is 17.3 Å². The summed E-state index contributed by atoms with van der Waals surface area (Å²) >= 11 is 0.770. The van der Waals surface area contributed by atoms with Gasteiger partial charge in [0.05, 0.1) is 12.0 Å². The van der Waals surface area contributed by atoms with Crippen molar-refractivity contribution >= 4 is 35.0 Å². The van der Waals surface area contributed by atoms with E-state index in [4.69, 9.17) is 4.74 Å². The van der Waals surface area contributed by atoms with Gasteiger partial charge in [0, 0.05) is 0 Å². The van der Waals surface area contributed by atoms with E-state index < -0.39 is 23.2 Å². The summed E-state index contributed by atoms with van der Waals surface area (Å²) in [6, 6.07) is 12.1. The Morgan fingerprint density at radius 3 is 2.59 bits per heavy atom. The third kappa shape index (κ3) is 4.83. The van der Waals surface area contributed by atoms with E-state index >= 15 is 0 Å². The van der Waals surface area contributed by atoms with Gasteiger partial charge in [-0.3, -0.25) is 14.5 Å². The third-order valence-corrected chi connectivity index (χ3v) is 5.11. The van der Waals surface area contributed by atoms with Gasteiger partial charge in [0.25, 0.3) is 11.1 Å². The van der Waals surface area contributed by atoms with E-state index in [0.717, 1.165) is 16.7 Å². The summed E-state index contributed by atoms with van der Waals surface area (Å²) in [4.78, 5) is 37.4. The van der Waals surface area contributed by atoms with Gasteiger partial charge in [-0.15, -0.1) is 0 Å². The van der Waals surface area contributed by atoms with Gasteiger partial charge in [-0.25, -0.2) is 9.18 Å². The minimum atomic E-state index is -0.989. The van der Waals surface area contributed by atoms with Gasteiger partial charge in [-0.05, 0) is 60.2 Å². The van der Waals surface area contributed by atoms with E-state index in [2.05, 4.69) is 4.74 Å². The Morgan fingerprint density at radius 1 is 1.21 bits per heavy atom. The van der Waals surface area contributed by atoms with Crippen LogP contribution in [0.1, 0.15) is 18.1 Å². The van der Waals surface area contributed by atoms with Crippen molar-refractivity contribution in [3.8, 4) is 5.75 Å². The number of thioether (sulfide) groups is 1. The molecule has 2 amide bonds. The van der Waals surface area contributed by atoms with Gasteiger partial charge in [0.2, 0.25) is 0 Å². The van der Waals surface area contributed by atoms with Crippen LogP contribution in [0.2, 0.25) is 0 Å². The lowest BCUT2D eigenvalue weighted by Gasteiger charge is -2.18. The van der Waals surface area contributed by atoms with Crippen LogP contribution in [-0.2, 0) is 20.9 Å². The molecule has 1 aliphatic rings. The number of nitrogens with zero attached hydrogens (tertiary/aromatic N) is 1. The van der Waals surface area contributed by atoms with E-state index in [1.54, 1.807) is 42.5 Å². The smallest absolute Gasteiger partial charge is 0.328 e. The molecule has 1 fully saturated rings. The van der Waals surface area contributed by atoms with Crippen molar-refractivity contribution in [2.75, 3.05) is 7.11 Å². The van der Waals surface area contributed by atoms with Crippen molar-refractivity contribution in [1.82, 2.24) is 4.90 Å². The van der Waals surface area contributed by atoms with Gasteiger partial charge >= 0.3 is 5.97 Å². The van der Waals surface area contributed by atoms with Crippen molar-refractivity contribution < 1.29 is 28.2 Å². The highest BCUT2D eigenvalue weighted by Crippen LogP contribution is 2.34. The molecule has 0 unspecified atom stereocenters. The molecule has 1 saturated heterocycles. The van der Waals surface area contributed by atoms with Crippen LogP contribution in [0.4, 0.5) is 9.18 Å². The van der Waals surface area contributed by atoms with Gasteiger partial charge < -0.3 is 9.47 Å². The number of esters is 1. The predicted molar refractivity (Wildman–Crippen MR) is 106 cm³/mol. The average molecular weight is 415 g/mol. The lowest BCUT2D eigenvalue weighted by Crippen LogP contribution is -2.42. The summed E-state index contributed by atoms with van der Waals surface area (Å²) < 4.78 is 23.4. The summed E-state index contributed by atoms with van der Waals surface area (Å²) in [5.41, 5.74) is 1.40. The standard InChI is InChI=1S/C21H18FNO5S/c1-13(20(25)27-2)23-19(24)18(29-21(23)26)11-14-6-8-17(9-7-14)28-12-15-4-3-5-16(22)10-15/h3-11,13H,12H2,1-2H3/b18-11+/t13-/m1/s1. The second-order valence-corrected chi connectivity index (χ2v) is 7.23. The molecule has 0 bridgehead atoms. The molecule has 150 valence electrons. The van der Waals surface area contributed by atoms with E-state index in [1.807, 2.05) is 0 Å². The first kappa shape index (κ1) is 20.6. The second kappa shape index (κ2) is 8.91. The first-order valence-corrected chi connectivity index (χ1v) is 9.53. The molecule has 8 heteroatoms. The van der Waals surface area contributed by atoms with Crippen LogP contribution in [0, 0.1) is 5.82 Å². The van der Waals surface area contributed by atoms with E-state index in [9.17, 15) is 18.8 Å². The largest absolute Gasteiger partial charge is 0.489 e. The zero-order valence-corrected chi connectivity index (χ0v) is 16.6. The first-order chi connectivity index (χ1) is 13.9. The molecule has 2 aromatic carbocycles. The quantitative estimate of drug-likeness (QED) is 0.525. The molecule has 0 saturated carbocycles. The zero-order valence-electron chi connectivity index (χ0n) is 15.8. The highest BCUT2D eigenvalue weighted by Gasteiger charge is 2.41. The molecular formula is C21H18FNO5S. The van der Waals surface area contributed by atoms with Crippen LogP contribution in [0.3, 0.4) is 0 Å². The predicted octanol–water partition coefficient (Wildman–Crippen LogP) is 4.00. The highest BCUT2D eigenvalue weighted by atomic mass is 32.2. The summed E-state index contributed by atoms with van der Waals surface area (Å²) in [6.07, 6.45) is 1.57. The van der Waals surface area contributed by atoms with Gasteiger partial charge in [0.15, 0.2) is 0 Å². The molecule has 1 atom stereocenters. The fraction of sp³-hybridized carbons (Fsp3) is 0.190. The SMILES string of the molecule is COC(=O)[C@@H](C)N1C(=O)S/C(=C/c2ccc(OCc3cccc(F)c3)cc2)C1=O. The summed E-state index contributed by atoms with van der Waals surface area (Å²) in [5.74, 6) is -0.937. The van der Waals surface area contributed by atoms with Crippen LogP contribution < -0.4 is 4.74 Å². The molecule has 0 N–H and O–H groups in total. The molecule has 6 nitrogen and oxygen atoms in total.